The number of nitrogens with zero attached hydrogens (tertiary/aromatic N) is 1. The molecule has 1 amide bonds. The van der Waals surface area contributed by atoms with Crippen LogP contribution in [0.1, 0.15) is 5.56 Å². The van der Waals surface area contributed by atoms with Crippen LogP contribution in [0.4, 0.5) is 0 Å². The average Bonchev–Trinajstić information content (AvgIpc) is 2.56. The Hall–Kier alpha value is -2.10. The van der Waals surface area contributed by atoms with Gasteiger partial charge in [0.05, 0.1) is 6.34 Å². The average molecular weight is 188 g/mol. The lowest BCUT2D eigenvalue weighted by molar-refractivity contribution is -0.115. The highest BCUT2D eigenvalue weighted by Gasteiger charge is 2.11. The molecule has 0 aromatic heterocycles. The number of benzene rings is 1. The van der Waals surface area contributed by atoms with E-state index in [-0.39, 0.29) is 11.7 Å². The van der Waals surface area contributed by atoms with Gasteiger partial charge in [-0.05, 0) is 23.8 Å². The highest BCUT2D eigenvalue weighted by Crippen LogP contribution is 2.14. The molecule has 0 fully saturated rings. The lowest BCUT2D eigenvalue weighted by Crippen LogP contribution is -2.14. The predicted molar refractivity (Wildman–Crippen MR) is 52.7 cm³/mol. The summed E-state index contributed by atoms with van der Waals surface area (Å²) in [4.78, 5) is 14.9. The Labute approximate surface area is 80.6 Å². The van der Waals surface area contributed by atoms with Crippen LogP contribution in [-0.4, -0.2) is 17.4 Å². The van der Waals surface area contributed by atoms with Gasteiger partial charge in [0.1, 0.15) is 11.4 Å². The van der Waals surface area contributed by atoms with Crippen molar-refractivity contribution in [3.63, 3.8) is 0 Å². The van der Waals surface area contributed by atoms with Gasteiger partial charge in [-0.2, -0.15) is 0 Å². The summed E-state index contributed by atoms with van der Waals surface area (Å²) in [5, 5.41) is 11.5. The van der Waals surface area contributed by atoms with Crippen LogP contribution < -0.4 is 5.32 Å². The number of amides is 1. The first-order chi connectivity index (χ1) is 6.75. The van der Waals surface area contributed by atoms with Gasteiger partial charge in [-0.25, -0.2) is 4.99 Å². The van der Waals surface area contributed by atoms with E-state index in [1.54, 1.807) is 30.3 Å². The third-order valence-electron chi connectivity index (χ3n) is 1.83. The van der Waals surface area contributed by atoms with Crippen molar-refractivity contribution < 1.29 is 9.90 Å². The maximum Gasteiger partial charge on any atom is 0.275 e. The summed E-state index contributed by atoms with van der Waals surface area (Å²) in [7, 11) is 0. The molecule has 0 atom stereocenters. The fraction of sp³-hybridized carbons (Fsp3) is 0. The molecular weight excluding hydrogens is 180 g/mol. The first kappa shape index (κ1) is 8.50. The Morgan fingerprint density at radius 3 is 2.57 bits per heavy atom. The third-order valence-corrected chi connectivity index (χ3v) is 1.83. The number of hydrogen-bond donors (Lipinski definition) is 2. The van der Waals surface area contributed by atoms with Gasteiger partial charge >= 0.3 is 0 Å². The van der Waals surface area contributed by atoms with E-state index < -0.39 is 0 Å². The van der Waals surface area contributed by atoms with Gasteiger partial charge in [0, 0.05) is 0 Å². The summed E-state index contributed by atoms with van der Waals surface area (Å²) in [6.45, 7) is 0. The van der Waals surface area contributed by atoms with Crippen LogP contribution in [0.3, 0.4) is 0 Å². The van der Waals surface area contributed by atoms with E-state index in [1.165, 1.54) is 6.34 Å². The lowest BCUT2D eigenvalue weighted by atomic mass is 10.2. The van der Waals surface area contributed by atoms with Crippen molar-refractivity contribution in [3.8, 4) is 5.75 Å². The van der Waals surface area contributed by atoms with Crippen molar-refractivity contribution >= 4 is 18.3 Å². The molecule has 0 bridgehead atoms. The van der Waals surface area contributed by atoms with E-state index in [4.69, 9.17) is 5.11 Å². The maximum atomic E-state index is 11.1. The Bertz CT molecular complexity index is 418. The highest BCUT2D eigenvalue weighted by molar-refractivity contribution is 6.08. The van der Waals surface area contributed by atoms with Gasteiger partial charge in [-0.15, -0.1) is 0 Å². The number of phenols is 1. The number of nitrogens with one attached hydrogen (secondary N) is 1. The standard InChI is InChI=1S/C10H8N2O2/c13-8-3-1-7(2-4-8)5-9-10(14)12-6-11-9/h1-6,13H,(H,11,12,14). The van der Waals surface area contributed by atoms with Crippen LogP contribution in [0, 0.1) is 0 Å². The number of rotatable bonds is 1. The van der Waals surface area contributed by atoms with Gasteiger partial charge in [0.15, 0.2) is 0 Å². The molecule has 0 saturated heterocycles. The summed E-state index contributed by atoms with van der Waals surface area (Å²) in [6.07, 6.45) is 3.01. The molecular formula is C10H8N2O2. The van der Waals surface area contributed by atoms with Crippen LogP contribution in [-0.2, 0) is 4.79 Å². The van der Waals surface area contributed by atoms with Gasteiger partial charge in [0.25, 0.3) is 5.91 Å². The van der Waals surface area contributed by atoms with Crippen molar-refractivity contribution in [2.75, 3.05) is 0 Å². The minimum absolute atomic E-state index is 0.200. The van der Waals surface area contributed by atoms with Crippen molar-refractivity contribution in [1.82, 2.24) is 5.32 Å². The Morgan fingerprint density at radius 2 is 2.00 bits per heavy atom. The van der Waals surface area contributed by atoms with Crippen LogP contribution in [0.5, 0.6) is 5.75 Å². The maximum absolute atomic E-state index is 11.1. The molecule has 1 heterocycles. The van der Waals surface area contributed by atoms with Crippen molar-refractivity contribution in [2.45, 2.75) is 0 Å². The number of aliphatic imine (C=N–C) groups is 1. The highest BCUT2D eigenvalue weighted by atomic mass is 16.3. The molecule has 0 unspecified atom stereocenters. The molecule has 0 spiro atoms. The number of phenolic OH excluding ortho intramolecular Hbond substituents is 1. The normalized spacial score (nSPS) is 17.4. The first-order valence-corrected chi connectivity index (χ1v) is 4.10. The monoisotopic (exact) mass is 188 g/mol. The molecule has 2 rings (SSSR count). The summed E-state index contributed by atoms with van der Waals surface area (Å²) in [6, 6.07) is 6.54. The van der Waals surface area contributed by atoms with E-state index in [1.807, 2.05) is 0 Å². The summed E-state index contributed by atoms with van der Waals surface area (Å²) in [5.74, 6) is -0.00963. The fourth-order valence-electron chi connectivity index (χ4n) is 1.12. The largest absolute Gasteiger partial charge is 0.508 e. The van der Waals surface area contributed by atoms with E-state index in [9.17, 15) is 4.79 Å². The molecule has 1 aromatic rings. The summed E-state index contributed by atoms with van der Waals surface area (Å²) in [5.41, 5.74) is 1.20. The second kappa shape index (κ2) is 3.33. The molecule has 14 heavy (non-hydrogen) atoms. The zero-order valence-electron chi connectivity index (χ0n) is 7.27. The van der Waals surface area contributed by atoms with Crippen LogP contribution in [0.25, 0.3) is 6.08 Å². The van der Waals surface area contributed by atoms with Gasteiger partial charge in [-0.3, -0.25) is 4.79 Å². The molecule has 70 valence electrons. The molecule has 0 aliphatic carbocycles. The van der Waals surface area contributed by atoms with Crippen LogP contribution in [0.15, 0.2) is 35.0 Å². The van der Waals surface area contributed by atoms with E-state index >= 15 is 0 Å². The summed E-state index contributed by atoms with van der Waals surface area (Å²) >= 11 is 0. The van der Waals surface area contributed by atoms with Crippen molar-refractivity contribution in [3.05, 3.63) is 35.5 Å². The Balaban J connectivity index is 2.29. The quantitative estimate of drug-likeness (QED) is 0.643. The molecule has 0 saturated carbocycles. The van der Waals surface area contributed by atoms with Crippen molar-refractivity contribution in [2.24, 2.45) is 4.99 Å². The second-order valence-corrected chi connectivity index (χ2v) is 2.85. The number of aromatic hydroxyl groups is 1. The number of carbonyl (C=O) groups is 1. The van der Waals surface area contributed by atoms with E-state index in [0.29, 0.717) is 5.70 Å². The third kappa shape index (κ3) is 1.64. The molecule has 1 aliphatic heterocycles. The second-order valence-electron chi connectivity index (χ2n) is 2.85. The molecule has 2 N–H and O–H groups in total. The fourth-order valence-corrected chi connectivity index (χ4v) is 1.12. The zero-order chi connectivity index (χ0) is 9.97. The van der Waals surface area contributed by atoms with Crippen molar-refractivity contribution in [1.29, 1.82) is 0 Å². The Kier molecular flexibility index (Phi) is 2.02. The topological polar surface area (TPSA) is 61.7 Å². The lowest BCUT2D eigenvalue weighted by Gasteiger charge is -1.95. The molecule has 1 aliphatic rings. The van der Waals surface area contributed by atoms with Gasteiger partial charge in [0.2, 0.25) is 0 Å². The molecule has 0 radical (unpaired) electrons. The van der Waals surface area contributed by atoms with Gasteiger partial charge in [-0.1, -0.05) is 12.1 Å². The number of carbonyl (C=O) groups excluding carboxylic acids is 1. The summed E-state index contributed by atoms with van der Waals surface area (Å²) < 4.78 is 0. The molecule has 1 aromatic carbocycles. The minimum atomic E-state index is -0.210. The molecule has 4 heteroatoms. The smallest absolute Gasteiger partial charge is 0.275 e. The van der Waals surface area contributed by atoms with Crippen LogP contribution in [0.2, 0.25) is 0 Å². The molecule has 4 nitrogen and oxygen atoms in total. The number of hydrogen-bond acceptors (Lipinski definition) is 3. The predicted octanol–water partition coefficient (Wildman–Crippen LogP) is 0.891. The van der Waals surface area contributed by atoms with E-state index in [0.717, 1.165) is 5.56 Å². The van der Waals surface area contributed by atoms with Crippen LogP contribution >= 0.6 is 0 Å². The van der Waals surface area contributed by atoms with Gasteiger partial charge < -0.3 is 10.4 Å². The first-order valence-electron chi connectivity index (χ1n) is 4.10. The minimum Gasteiger partial charge on any atom is -0.508 e. The SMILES string of the molecule is O=C1NC=NC1=Cc1ccc(O)cc1. The Morgan fingerprint density at radius 1 is 1.29 bits per heavy atom. The van der Waals surface area contributed by atoms with E-state index in [2.05, 4.69) is 10.3 Å². The zero-order valence-corrected chi connectivity index (χ0v) is 7.27.